The molecule has 1 rings (SSSR count). The van der Waals surface area contributed by atoms with Crippen LogP contribution in [0.25, 0.3) is 0 Å². The van der Waals surface area contributed by atoms with Crippen molar-refractivity contribution >= 4 is 5.97 Å². The molecule has 76 valence electrons. The number of carboxylic acids is 1. The Morgan fingerprint density at radius 3 is 2.62 bits per heavy atom. The van der Waals surface area contributed by atoms with E-state index in [9.17, 15) is 4.79 Å². The van der Waals surface area contributed by atoms with Crippen LogP contribution < -0.4 is 0 Å². The minimum absolute atomic E-state index is 0.358. The number of aliphatic carboxylic acids is 1. The number of carbonyl (C=O) groups is 1. The summed E-state index contributed by atoms with van der Waals surface area (Å²) in [5, 5.41) is 8.71. The predicted molar refractivity (Wildman–Crippen MR) is 52.5 cm³/mol. The molecule has 1 N–H and O–H groups in total. The molecule has 0 aromatic rings. The fourth-order valence-corrected chi connectivity index (χ4v) is 2.53. The standard InChI is InChI=1S/C11H20O2/c1-8-7-11(2,3)5-4-9(8)6-10(12)13/h8-9H,4-7H2,1-3H3,(H,12,13). The zero-order chi connectivity index (χ0) is 10.1. The molecule has 0 aliphatic heterocycles. The van der Waals surface area contributed by atoms with Gasteiger partial charge in [-0.15, -0.1) is 0 Å². The highest BCUT2D eigenvalue weighted by molar-refractivity contribution is 5.67. The average Bonchev–Trinajstić information content (AvgIpc) is 1.93. The van der Waals surface area contributed by atoms with E-state index in [4.69, 9.17) is 5.11 Å². The van der Waals surface area contributed by atoms with E-state index in [0.717, 1.165) is 6.42 Å². The van der Waals surface area contributed by atoms with E-state index in [2.05, 4.69) is 20.8 Å². The van der Waals surface area contributed by atoms with E-state index in [0.29, 0.717) is 23.7 Å². The number of carboxylic acid groups (broad SMARTS) is 1. The van der Waals surface area contributed by atoms with Crippen LogP contribution in [0.3, 0.4) is 0 Å². The lowest BCUT2D eigenvalue weighted by molar-refractivity contribution is -0.139. The summed E-state index contributed by atoms with van der Waals surface area (Å²) in [6, 6.07) is 0. The zero-order valence-electron chi connectivity index (χ0n) is 8.84. The Morgan fingerprint density at radius 2 is 2.15 bits per heavy atom. The van der Waals surface area contributed by atoms with Gasteiger partial charge in [0.1, 0.15) is 0 Å². The largest absolute Gasteiger partial charge is 0.481 e. The van der Waals surface area contributed by atoms with E-state index in [-0.39, 0.29) is 0 Å². The highest BCUT2D eigenvalue weighted by Gasteiger charge is 2.33. The maximum atomic E-state index is 10.6. The zero-order valence-corrected chi connectivity index (χ0v) is 8.84. The van der Waals surface area contributed by atoms with Gasteiger partial charge in [-0.25, -0.2) is 0 Å². The molecule has 1 aliphatic rings. The molecule has 2 heteroatoms. The van der Waals surface area contributed by atoms with Crippen LogP contribution in [-0.4, -0.2) is 11.1 Å². The average molecular weight is 184 g/mol. The van der Waals surface area contributed by atoms with Gasteiger partial charge in [0.2, 0.25) is 0 Å². The van der Waals surface area contributed by atoms with Gasteiger partial charge in [0.05, 0.1) is 0 Å². The summed E-state index contributed by atoms with van der Waals surface area (Å²) in [4.78, 5) is 10.6. The van der Waals surface area contributed by atoms with Gasteiger partial charge in [-0.3, -0.25) is 4.79 Å². The van der Waals surface area contributed by atoms with Crippen molar-refractivity contribution in [2.24, 2.45) is 17.3 Å². The summed E-state index contributed by atoms with van der Waals surface area (Å²) < 4.78 is 0. The van der Waals surface area contributed by atoms with Crippen LogP contribution in [0.4, 0.5) is 0 Å². The molecule has 0 spiro atoms. The lowest BCUT2D eigenvalue weighted by Crippen LogP contribution is -2.29. The molecule has 0 bridgehead atoms. The molecule has 2 unspecified atom stereocenters. The number of hydrogen-bond donors (Lipinski definition) is 1. The van der Waals surface area contributed by atoms with Crippen LogP contribution in [0, 0.1) is 17.3 Å². The predicted octanol–water partition coefficient (Wildman–Crippen LogP) is 2.92. The van der Waals surface area contributed by atoms with Crippen LogP contribution in [0.5, 0.6) is 0 Å². The van der Waals surface area contributed by atoms with Crippen molar-refractivity contribution in [1.29, 1.82) is 0 Å². The summed E-state index contributed by atoms with van der Waals surface area (Å²) in [5.41, 5.74) is 0.425. The first-order valence-corrected chi connectivity index (χ1v) is 5.12. The summed E-state index contributed by atoms with van der Waals surface area (Å²) in [6.45, 7) is 6.75. The molecule has 1 fully saturated rings. The van der Waals surface area contributed by atoms with E-state index in [1.54, 1.807) is 0 Å². The smallest absolute Gasteiger partial charge is 0.303 e. The lowest BCUT2D eigenvalue weighted by atomic mass is 9.67. The summed E-state index contributed by atoms with van der Waals surface area (Å²) in [7, 11) is 0. The minimum Gasteiger partial charge on any atom is -0.481 e. The van der Waals surface area contributed by atoms with Gasteiger partial charge in [0.15, 0.2) is 0 Å². The third-order valence-corrected chi connectivity index (χ3v) is 3.31. The Bertz CT molecular complexity index is 196. The summed E-state index contributed by atoms with van der Waals surface area (Å²) in [5.74, 6) is 0.335. The van der Waals surface area contributed by atoms with Crippen molar-refractivity contribution in [2.75, 3.05) is 0 Å². The quantitative estimate of drug-likeness (QED) is 0.716. The van der Waals surface area contributed by atoms with Gasteiger partial charge in [0.25, 0.3) is 0 Å². The first-order chi connectivity index (χ1) is 5.91. The van der Waals surface area contributed by atoms with E-state index >= 15 is 0 Å². The number of rotatable bonds is 2. The topological polar surface area (TPSA) is 37.3 Å². The van der Waals surface area contributed by atoms with Crippen LogP contribution >= 0.6 is 0 Å². The minimum atomic E-state index is -0.642. The fraction of sp³-hybridized carbons (Fsp3) is 0.909. The van der Waals surface area contributed by atoms with Gasteiger partial charge in [0, 0.05) is 6.42 Å². The van der Waals surface area contributed by atoms with Crippen LogP contribution in [-0.2, 0) is 4.79 Å². The van der Waals surface area contributed by atoms with Crippen LogP contribution in [0.2, 0.25) is 0 Å². The molecule has 0 aromatic carbocycles. The third-order valence-electron chi connectivity index (χ3n) is 3.31. The SMILES string of the molecule is CC1CC(C)(C)CCC1CC(=O)O. The molecule has 0 heterocycles. The van der Waals surface area contributed by atoms with E-state index in [1.165, 1.54) is 12.8 Å². The first kappa shape index (κ1) is 10.6. The number of hydrogen-bond acceptors (Lipinski definition) is 1. The second-order valence-electron chi connectivity index (χ2n) is 5.24. The van der Waals surface area contributed by atoms with E-state index < -0.39 is 5.97 Å². The van der Waals surface area contributed by atoms with Crippen molar-refractivity contribution in [2.45, 2.75) is 46.5 Å². The van der Waals surface area contributed by atoms with Gasteiger partial charge >= 0.3 is 5.97 Å². The van der Waals surface area contributed by atoms with Gasteiger partial charge in [-0.2, -0.15) is 0 Å². The van der Waals surface area contributed by atoms with Crippen molar-refractivity contribution in [3.8, 4) is 0 Å². The lowest BCUT2D eigenvalue weighted by Gasteiger charge is -2.38. The van der Waals surface area contributed by atoms with Gasteiger partial charge in [-0.05, 0) is 36.5 Å². The maximum Gasteiger partial charge on any atom is 0.303 e. The summed E-state index contributed by atoms with van der Waals surface area (Å²) >= 11 is 0. The Hall–Kier alpha value is -0.530. The van der Waals surface area contributed by atoms with Gasteiger partial charge in [-0.1, -0.05) is 20.8 Å². The Kier molecular flexibility index (Phi) is 2.99. The second kappa shape index (κ2) is 3.69. The monoisotopic (exact) mass is 184 g/mol. The summed E-state index contributed by atoms with van der Waals surface area (Å²) in [6.07, 6.45) is 3.79. The van der Waals surface area contributed by atoms with Crippen molar-refractivity contribution in [3.63, 3.8) is 0 Å². The normalized spacial score (nSPS) is 32.8. The molecule has 0 amide bonds. The molecule has 13 heavy (non-hydrogen) atoms. The Balaban J connectivity index is 2.49. The molecule has 0 aromatic heterocycles. The Morgan fingerprint density at radius 1 is 1.54 bits per heavy atom. The molecule has 1 saturated carbocycles. The molecular formula is C11H20O2. The maximum absolute atomic E-state index is 10.6. The van der Waals surface area contributed by atoms with Crippen molar-refractivity contribution < 1.29 is 9.90 Å². The fourth-order valence-electron chi connectivity index (χ4n) is 2.53. The van der Waals surface area contributed by atoms with Gasteiger partial charge < -0.3 is 5.11 Å². The molecule has 0 saturated heterocycles. The van der Waals surface area contributed by atoms with Crippen LogP contribution in [0.1, 0.15) is 46.5 Å². The second-order valence-corrected chi connectivity index (χ2v) is 5.24. The van der Waals surface area contributed by atoms with Crippen molar-refractivity contribution in [1.82, 2.24) is 0 Å². The molecule has 0 radical (unpaired) electrons. The first-order valence-electron chi connectivity index (χ1n) is 5.12. The molecule has 1 aliphatic carbocycles. The highest BCUT2D eigenvalue weighted by Crippen LogP contribution is 2.42. The van der Waals surface area contributed by atoms with Crippen molar-refractivity contribution in [3.05, 3.63) is 0 Å². The molecule has 2 nitrogen and oxygen atoms in total. The van der Waals surface area contributed by atoms with E-state index in [1.807, 2.05) is 0 Å². The third kappa shape index (κ3) is 3.02. The Labute approximate surface area is 80.3 Å². The highest BCUT2D eigenvalue weighted by atomic mass is 16.4. The molecule has 2 atom stereocenters. The van der Waals surface area contributed by atoms with Crippen LogP contribution in [0.15, 0.2) is 0 Å². The molecular weight excluding hydrogens is 164 g/mol.